The highest BCUT2D eigenvalue weighted by Gasteiger charge is 2.12. The van der Waals surface area contributed by atoms with Gasteiger partial charge in [0.25, 0.3) is 0 Å². The number of rotatable bonds is 3. The number of hydrogen-bond acceptors (Lipinski definition) is 4. The largest absolute Gasteiger partial charge is 0.384 e. The fourth-order valence-corrected chi connectivity index (χ4v) is 2.08. The standard InChI is InChI=1S/C10H12N2O3S/c1-2-12-16(14,15)10-6-9(4-3-5-13)7-11-8-10/h6-8,12-13H,2,5H2,1H3. The van der Waals surface area contributed by atoms with Crippen molar-refractivity contribution in [3.8, 4) is 11.8 Å². The van der Waals surface area contributed by atoms with Gasteiger partial charge in [-0.2, -0.15) is 0 Å². The van der Waals surface area contributed by atoms with Crippen LogP contribution in [0.2, 0.25) is 0 Å². The van der Waals surface area contributed by atoms with Crippen molar-refractivity contribution < 1.29 is 13.5 Å². The van der Waals surface area contributed by atoms with Gasteiger partial charge in [0.05, 0.1) is 0 Å². The first kappa shape index (κ1) is 12.6. The molecule has 6 heteroatoms. The van der Waals surface area contributed by atoms with Crippen LogP contribution >= 0.6 is 0 Å². The molecule has 2 N–H and O–H groups in total. The number of aromatic nitrogens is 1. The summed E-state index contributed by atoms with van der Waals surface area (Å²) in [6, 6.07) is 1.41. The highest BCUT2D eigenvalue weighted by atomic mass is 32.2. The van der Waals surface area contributed by atoms with Gasteiger partial charge in [0.15, 0.2) is 0 Å². The van der Waals surface area contributed by atoms with Gasteiger partial charge in [0, 0.05) is 24.5 Å². The second-order valence-electron chi connectivity index (χ2n) is 2.87. The Morgan fingerprint density at radius 2 is 2.25 bits per heavy atom. The molecule has 0 radical (unpaired) electrons. The molecule has 1 rings (SSSR count). The predicted molar refractivity (Wildman–Crippen MR) is 59.1 cm³/mol. The van der Waals surface area contributed by atoms with E-state index in [9.17, 15) is 8.42 Å². The first-order valence-electron chi connectivity index (χ1n) is 4.64. The lowest BCUT2D eigenvalue weighted by molar-refractivity contribution is 0.350. The van der Waals surface area contributed by atoms with Crippen molar-refractivity contribution in [3.05, 3.63) is 24.0 Å². The number of pyridine rings is 1. The number of nitrogens with zero attached hydrogens (tertiary/aromatic N) is 1. The maximum absolute atomic E-state index is 11.6. The first-order chi connectivity index (χ1) is 7.60. The van der Waals surface area contributed by atoms with E-state index in [2.05, 4.69) is 21.5 Å². The molecule has 1 heterocycles. The zero-order valence-corrected chi connectivity index (χ0v) is 9.58. The number of nitrogens with one attached hydrogen (secondary N) is 1. The van der Waals surface area contributed by atoms with Crippen LogP contribution in [0.15, 0.2) is 23.4 Å². The topological polar surface area (TPSA) is 79.3 Å². The average molecular weight is 240 g/mol. The Morgan fingerprint density at radius 1 is 1.50 bits per heavy atom. The van der Waals surface area contributed by atoms with E-state index in [0.717, 1.165) is 0 Å². The molecule has 0 fully saturated rings. The molecule has 86 valence electrons. The van der Waals surface area contributed by atoms with Crippen molar-refractivity contribution in [2.45, 2.75) is 11.8 Å². The maximum atomic E-state index is 11.6. The zero-order valence-electron chi connectivity index (χ0n) is 8.77. The van der Waals surface area contributed by atoms with Gasteiger partial charge in [-0.25, -0.2) is 13.1 Å². The average Bonchev–Trinajstić information content (AvgIpc) is 2.27. The number of sulfonamides is 1. The molecule has 0 amide bonds. The van der Waals surface area contributed by atoms with E-state index in [0.29, 0.717) is 12.1 Å². The van der Waals surface area contributed by atoms with Gasteiger partial charge in [-0.1, -0.05) is 18.8 Å². The maximum Gasteiger partial charge on any atom is 0.242 e. The molecule has 1 aromatic heterocycles. The molecule has 0 aliphatic rings. The van der Waals surface area contributed by atoms with Crippen molar-refractivity contribution in [2.75, 3.05) is 13.2 Å². The second kappa shape index (κ2) is 5.61. The Bertz CT molecular complexity index is 514. The Balaban J connectivity index is 3.08. The van der Waals surface area contributed by atoms with Gasteiger partial charge in [0.2, 0.25) is 10.0 Å². The van der Waals surface area contributed by atoms with Crippen LogP contribution in [0.3, 0.4) is 0 Å². The molecular formula is C10H12N2O3S. The second-order valence-corrected chi connectivity index (χ2v) is 4.64. The smallest absolute Gasteiger partial charge is 0.242 e. The fraction of sp³-hybridized carbons (Fsp3) is 0.300. The summed E-state index contributed by atoms with van der Waals surface area (Å²) in [4.78, 5) is 3.85. The molecule has 0 aliphatic heterocycles. The summed E-state index contributed by atoms with van der Waals surface area (Å²) in [5.74, 6) is 5.02. The molecule has 5 nitrogen and oxygen atoms in total. The Kier molecular flexibility index (Phi) is 4.43. The van der Waals surface area contributed by atoms with Crippen LogP contribution in [-0.4, -0.2) is 31.7 Å². The van der Waals surface area contributed by atoms with Crippen molar-refractivity contribution in [1.82, 2.24) is 9.71 Å². The van der Waals surface area contributed by atoms with Crippen LogP contribution in [0.4, 0.5) is 0 Å². The Hall–Kier alpha value is -1.42. The summed E-state index contributed by atoms with van der Waals surface area (Å²) in [5.41, 5.74) is 0.452. The molecule has 0 spiro atoms. The normalized spacial score (nSPS) is 10.6. The number of hydrogen-bond donors (Lipinski definition) is 2. The molecule has 16 heavy (non-hydrogen) atoms. The summed E-state index contributed by atoms with van der Waals surface area (Å²) in [6.07, 6.45) is 2.69. The number of aliphatic hydroxyl groups is 1. The minimum absolute atomic E-state index is 0.0686. The molecule has 0 atom stereocenters. The minimum atomic E-state index is -3.50. The van der Waals surface area contributed by atoms with Crippen molar-refractivity contribution in [1.29, 1.82) is 0 Å². The molecule has 0 saturated carbocycles. The zero-order chi connectivity index (χ0) is 12.0. The minimum Gasteiger partial charge on any atom is -0.384 e. The van der Waals surface area contributed by atoms with Gasteiger partial charge >= 0.3 is 0 Å². The van der Waals surface area contributed by atoms with E-state index in [1.54, 1.807) is 6.92 Å². The Morgan fingerprint density at radius 3 is 2.88 bits per heavy atom. The van der Waals surface area contributed by atoms with Crippen LogP contribution in [0.25, 0.3) is 0 Å². The van der Waals surface area contributed by atoms with Crippen LogP contribution in [-0.2, 0) is 10.0 Å². The number of aliphatic hydroxyl groups excluding tert-OH is 1. The van der Waals surface area contributed by atoms with E-state index >= 15 is 0 Å². The highest BCUT2D eigenvalue weighted by Crippen LogP contribution is 2.08. The molecule has 0 saturated heterocycles. The van der Waals surface area contributed by atoms with E-state index in [-0.39, 0.29) is 11.5 Å². The summed E-state index contributed by atoms with van der Waals surface area (Å²) < 4.78 is 25.6. The molecular weight excluding hydrogens is 228 g/mol. The van der Waals surface area contributed by atoms with Gasteiger partial charge in [-0.15, -0.1) is 0 Å². The summed E-state index contributed by atoms with van der Waals surface area (Å²) in [6.45, 7) is 1.74. The SMILES string of the molecule is CCNS(=O)(=O)c1cncc(C#CCO)c1. The third kappa shape index (κ3) is 3.31. The molecule has 0 unspecified atom stereocenters. The predicted octanol–water partition coefficient (Wildman–Crippen LogP) is -0.276. The fourth-order valence-electron chi connectivity index (χ4n) is 1.05. The van der Waals surface area contributed by atoms with Crippen LogP contribution in [0.1, 0.15) is 12.5 Å². The van der Waals surface area contributed by atoms with Gasteiger partial charge < -0.3 is 5.11 Å². The van der Waals surface area contributed by atoms with Gasteiger partial charge in [-0.3, -0.25) is 4.98 Å². The third-order valence-electron chi connectivity index (χ3n) is 1.67. The molecule has 1 aromatic rings. The van der Waals surface area contributed by atoms with Crippen LogP contribution in [0, 0.1) is 11.8 Å². The lowest BCUT2D eigenvalue weighted by Gasteiger charge is -2.03. The van der Waals surface area contributed by atoms with Crippen molar-refractivity contribution >= 4 is 10.0 Å². The molecule has 0 bridgehead atoms. The van der Waals surface area contributed by atoms with Gasteiger partial charge in [0.1, 0.15) is 11.5 Å². The van der Waals surface area contributed by atoms with E-state index in [1.165, 1.54) is 18.5 Å². The molecule has 0 aromatic carbocycles. The first-order valence-corrected chi connectivity index (χ1v) is 6.13. The van der Waals surface area contributed by atoms with Crippen molar-refractivity contribution in [2.24, 2.45) is 0 Å². The molecule has 0 aliphatic carbocycles. The van der Waals surface area contributed by atoms with Gasteiger partial charge in [-0.05, 0) is 6.07 Å². The third-order valence-corrected chi connectivity index (χ3v) is 3.18. The van der Waals surface area contributed by atoms with Crippen molar-refractivity contribution in [3.63, 3.8) is 0 Å². The van der Waals surface area contributed by atoms with Crippen LogP contribution < -0.4 is 4.72 Å². The Labute approximate surface area is 94.6 Å². The highest BCUT2D eigenvalue weighted by molar-refractivity contribution is 7.89. The lowest BCUT2D eigenvalue weighted by Crippen LogP contribution is -2.23. The van der Waals surface area contributed by atoms with E-state index in [4.69, 9.17) is 5.11 Å². The summed E-state index contributed by atoms with van der Waals surface area (Å²) in [7, 11) is -3.50. The summed E-state index contributed by atoms with van der Waals surface area (Å²) >= 11 is 0. The summed E-state index contributed by atoms with van der Waals surface area (Å²) in [5, 5.41) is 8.52. The van der Waals surface area contributed by atoms with Crippen LogP contribution in [0.5, 0.6) is 0 Å². The lowest BCUT2D eigenvalue weighted by atomic mass is 10.3. The monoisotopic (exact) mass is 240 g/mol. The quantitative estimate of drug-likeness (QED) is 0.712. The van der Waals surface area contributed by atoms with E-state index in [1.807, 2.05) is 0 Å². The van der Waals surface area contributed by atoms with E-state index < -0.39 is 10.0 Å².